The second-order valence-electron chi connectivity index (χ2n) is 7.64. The molecule has 6 nitrogen and oxygen atoms in total. The van der Waals surface area contributed by atoms with Gasteiger partial charge in [-0.3, -0.25) is 9.69 Å². The molecule has 0 N–H and O–H groups in total. The van der Waals surface area contributed by atoms with Crippen molar-refractivity contribution in [2.45, 2.75) is 50.2 Å². The monoisotopic (exact) mass is 378 g/mol. The molecule has 0 aromatic heterocycles. The van der Waals surface area contributed by atoms with Crippen LogP contribution in [0.4, 0.5) is 5.69 Å². The second-order valence-corrected chi connectivity index (χ2v) is 9.79. The molecule has 4 rings (SSSR count). The van der Waals surface area contributed by atoms with Crippen LogP contribution in [0.3, 0.4) is 0 Å². The van der Waals surface area contributed by atoms with Crippen LogP contribution >= 0.6 is 0 Å². The van der Waals surface area contributed by atoms with Crippen LogP contribution in [0, 0.1) is 0 Å². The number of methoxy groups -OCH3 is 1. The van der Waals surface area contributed by atoms with Crippen LogP contribution in [0.5, 0.6) is 5.75 Å². The minimum absolute atomic E-state index is 0.0119. The summed E-state index contributed by atoms with van der Waals surface area (Å²) in [7, 11) is -1.56. The Balaban J connectivity index is 1.68. The van der Waals surface area contributed by atoms with Gasteiger partial charge in [0.2, 0.25) is 5.91 Å². The van der Waals surface area contributed by atoms with Crippen molar-refractivity contribution in [3.63, 3.8) is 0 Å². The summed E-state index contributed by atoms with van der Waals surface area (Å²) in [6.45, 7) is 0.304. The number of nitrogens with zero attached hydrogens (tertiary/aromatic N) is 2. The first-order chi connectivity index (χ1) is 12.5. The van der Waals surface area contributed by atoms with Gasteiger partial charge in [0.25, 0.3) is 0 Å². The molecule has 1 amide bonds. The van der Waals surface area contributed by atoms with E-state index in [1.807, 2.05) is 24.3 Å². The summed E-state index contributed by atoms with van der Waals surface area (Å²) in [6.07, 6.45) is 5.70. The number of piperazine rings is 1. The third-order valence-corrected chi connectivity index (χ3v) is 7.71. The van der Waals surface area contributed by atoms with Crippen molar-refractivity contribution in [2.75, 3.05) is 30.1 Å². The fourth-order valence-corrected chi connectivity index (χ4v) is 6.78. The molecule has 7 heteroatoms. The van der Waals surface area contributed by atoms with Gasteiger partial charge in [0.05, 0.1) is 31.2 Å². The molecular formula is C19H26N2O4S. The molecule has 1 saturated carbocycles. The highest BCUT2D eigenvalue weighted by Gasteiger charge is 2.51. The molecule has 0 spiro atoms. The molecule has 2 unspecified atom stereocenters. The maximum absolute atomic E-state index is 13.0. The van der Waals surface area contributed by atoms with Gasteiger partial charge in [-0.2, -0.15) is 0 Å². The highest BCUT2D eigenvalue weighted by Crippen LogP contribution is 2.36. The van der Waals surface area contributed by atoms with Gasteiger partial charge in [0.1, 0.15) is 5.75 Å². The van der Waals surface area contributed by atoms with E-state index in [0.29, 0.717) is 18.3 Å². The average Bonchev–Trinajstić information content (AvgIpc) is 2.96. The molecule has 2 heterocycles. The number of fused-ring (bicyclic) bond motifs is 1. The van der Waals surface area contributed by atoms with Crippen LogP contribution in [0.15, 0.2) is 24.3 Å². The standard InChI is InChI=1S/C19H26N2O4S/c1-25-16-9-5-8-15(10-16)21-18-13-26(23,24)12-17(18)20(11-19(21)22)14-6-3-2-4-7-14/h5,8-10,14,17-18H,2-4,6-7,11-13H2,1H3. The van der Waals surface area contributed by atoms with Crippen molar-refractivity contribution < 1.29 is 17.9 Å². The first-order valence-electron chi connectivity index (χ1n) is 9.41. The highest BCUT2D eigenvalue weighted by atomic mass is 32.2. The topological polar surface area (TPSA) is 66.9 Å². The van der Waals surface area contributed by atoms with Gasteiger partial charge < -0.3 is 9.64 Å². The molecule has 142 valence electrons. The number of carbonyl (C=O) groups is 1. The van der Waals surface area contributed by atoms with E-state index in [-0.39, 0.29) is 29.5 Å². The third kappa shape index (κ3) is 3.22. The second kappa shape index (κ2) is 6.85. The smallest absolute Gasteiger partial charge is 0.241 e. The van der Waals surface area contributed by atoms with E-state index in [4.69, 9.17) is 4.74 Å². The maximum atomic E-state index is 13.0. The fraction of sp³-hybridized carbons (Fsp3) is 0.632. The van der Waals surface area contributed by atoms with E-state index >= 15 is 0 Å². The van der Waals surface area contributed by atoms with Gasteiger partial charge in [-0.05, 0) is 25.0 Å². The van der Waals surface area contributed by atoms with Crippen molar-refractivity contribution >= 4 is 21.4 Å². The SMILES string of the molecule is COc1cccc(N2C(=O)CN(C3CCCCC3)C3CS(=O)(=O)CC32)c1. The van der Waals surface area contributed by atoms with Gasteiger partial charge in [0.15, 0.2) is 9.84 Å². The molecule has 0 radical (unpaired) electrons. The van der Waals surface area contributed by atoms with Gasteiger partial charge >= 0.3 is 0 Å². The molecule has 3 aliphatic rings. The Kier molecular flexibility index (Phi) is 4.69. The first kappa shape index (κ1) is 17.8. The number of hydrogen-bond donors (Lipinski definition) is 0. The lowest BCUT2D eigenvalue weighted by Crippen LogP contribution is -2.64. The Hall–Kier alpha value is -1.60. The molecule has 1 aromatic rings. The summed E-state index contributed by atoms with van der Waals surface area (Å²) < 4.78 is 30.2. The van der Waals surface area contributed by atoms with Gasteiger partial charge in [-0.1, -0.05) is 25.3 Å². The Morgan fingerprint density at radius 3 is 2.54 bits per heavy atom. The summed E-state index contributed by atoms with van der Waals surface area (Å²) in [5.74, 6) is 0.857. The number of anilines is 1. The maximum Gasteiger partial charge on any atom is 0.241 e. The highest BCUT2D eigenvalue weighted by molar-refractivity contribution is 7.91. The van der Waals surface area contributed by atoms with E-state index in [1.165, 1.54) is 19.3 Å². The molecule has 1 aliphatic carbocycles. The van der Waals surface area contributed by atoms with Crippen LogP contribution in [-0.2, 0) is 14.6 Å². The predicted octanol–water partition coefficient (Wildman–Crippen LogP) is 1.84. The molecular weight excluding hydrogens is 352 g/mol. The predicted molar refractivity (Wildman–Crippen MR) is 100 cm³/mol. The van der Waals surface area contributed by atoms with Crippen LogP contribution in [0.2, 0.25) is 0 Å². The Bertz CT molecular complexity index is 788. The van der Waals surface area contributed by atoms with E-state index < -0.39 is 9.84 Å². The zero-order chi connectivity index (χ0) is 18.3. The molecule has 1 aromatic carbocycles. The summed E-state index contributed by atoms with van der Waals surface area (Å²) >= 11 is 0. The molecule has 0 bridgehead atoms. The Morgan fingerprint density at radius 2 is 1.81 bits per heavy atom. The van der Waals surface area contributed by atoms with Crippen LogP contribution in [0.1, 0.15) is 32.1 Å². The van der Waals surface area contributed by atoms with Crippen LogP contribution < -0.4 is 9.64 Å². The van der Waals surface area contributed by atoms with Gasteiger partial charge in [-0.25, -0.2) is 8.42 Å². The van der Waals surface area contributed by atoms with E-state index in [2.05, 4.69) is 4.90 Å². The average molecular weight is 378 g/mol. The fourth-order valence-electron chi connectivity index (χ4n) is 4.82. The van der Waals surface area contributed by atoms with E-state index in [1.54, 1.807) is 12.0 Å². The Labute approximate surface area is 155 Å². The van der Waals surface area contributed by atoms with Crippen molar-refractivity contribution in [1.82, 2.24) is 4.90 Å². The van der Waals surface area contributed by atoms with E-state index in [9.17, 15) is 13.2 Å². The lowest BCUT2D eigenvalue weighted by Gasteiger charge is -2.47. The van der Waals surface area contributed by atoms with Crippen molar-refractivity contribution in [2.24, 2.45) is 0 Å². The first-order valence-corrected chi connectivity index (χ1v) is 11.2. The molecule has 2 atom stereocenters. The van der Waals surface area contributed by atoms with Crippen LogP contribution in [-0.4, -0.2) is 62.5 Å². The van der Waals surface area contributed by atoms with E-state index in [0.717, 1.165) is 18.5 Å². The van der Waals surface area contributed by atoms with Crippen molar-refractivity contribution in [3.05, 3.63) is 24.3 Å². The summed E-state index contributed by atoms with van der Waals surface area (Å²) in [5.41, 5.74) is 0.727. The zero-order valence-electron chi connectivity index (χ0n) is 15.1. The van der Waals surface area contributed by atoms with Crippen molar-refractivity contribution in [1.29, 1.82) is 0 Å². The number of amides is 1. The minimum Gasteiger partial charge on any atom is -0.497 e. The normalized spacial score (nSPS) is 29.6. The minimum atomic E-state index is -3.15. The number of benzene rings is 1. The number of carbonyl (C=O) groups excluding carboxylic acids is 1. The van der Waals surface area contributed by atoms with Crippen molar-refractivity contribution in [3.8, 4) is 5.75 Å². The number of sulfone groups is 1. The summed E-state index contributed by atoms with van der Waals surface area (Å²) in [4.78, 5) is 17.0. The molecule has 3 fully saturated rings. The van der Waals surface area contributed by atoms with Gasteiger partial charge in [0, 0.05) is 23.8 Å². The zero-order valence-corrected chi connectivity index (χ0v) is 16.0. The van der Waals surface area contributed by atoms with Crippen LogP contribution in [0.25, 0.3) is 0 Å². The Morgan fingerprint density at radius 1 is 1.08 bits per heavy atom. The van der Waals surface area contributed by atoms with Gasteiger partial charge in [-0.15, -0.1) is 0 Å². The quantitative estimate of drug-likeness (QED) is 0.803. The third-order valence-electron chi connectivity index (χ3n) is 6.01. The molecule has 26 heavy (non-hydrogen) atoms. The number of rotatable bonds is 3. The molecule has 2 aliphatic heterocycles. The lowest BCUT2D eigenvalue weighted by atomic mass is 9.91. The summed E-state index contributed by atoms with van der Waals surface area (Å²) in [6, 6.07) is 7.26. The number of ether oxygens (including phenoxy) is 1. The molecule has 2 saturated heterocycles. The lowest BCUT2D eigenvalue weighted by molar-refractivity contribution is -0.124. The summed E-state index contributed by atoms with van der Waals surface area (Å²) in [5, 5.41) is 0. The number of hydrogen-bond acceptors (Lipinski definition) is 5. The largest absolute Gasteiger partial charge is 0.497 e.